The molecular weight excluding hydrogens is 290 g/mol. The summed E-state index contributed by atoms with van der Waals surface area (Å²) in [7, 11) is 0. The number of rotatable bonds is 5. The minimum atomic E-state index is -0.499. The van der Waals surface area contributed by atoms with E-state index in [1.54, 1.807) is 0 Å². The lowest BCUT2D eigenvalue weighted by Crippen LogP contribution is -2.40. The van der Waals surface area contributed by atoms with E-state index in [4.69, 9.17) is 5.73 Å². The van der Waals surface area contributed by atoms with E-state index in [1.165, 1.54) is 0 Å². The van der Waals surface area contributed by atoms with Crippen LogP contribution in [0.25, 0.3) is 0 Å². The van der Waals surface area contributed by atoms with Gasteiger partial charge < -0.3 is 16.0 Å². The third-order valence-electron chi connectivity index (χ3n) is 4.99. The highest BCUT2D eigenvalue weighted by Gasteiger charge is 2.36. The number of hydrogen-bond donors (Lipinski definition) is 2. The van der Waals surface area contributed by atoms with Gasteiger partial charge in [-0.05, 0) is 48.9 Å². The van der Waals surface area contributed by atoms with E-state index in [1.807, 2.05) is 36.9 Å². The van der Waals surface area contributed by atoms with Crippen molar-refractivity contribution in [2.75, 3.05) is 16.8 Å². The molecule has 1 aromatic rings. The molecular formula is C18H25N3O2. The summed E-state index contributed by atoms with van der Waals surface area (Å²) >= 11 is 0. The summed E-state index contributed by atoms with van der Waals surface area (Å²) in [6.07, 6.45) is 3.75. The van der Waals surface area contributed by atoms with Crippen LogP contribution in [0.15, 0.2) is 18.2 Å². The lowest BCUT2D eigenvalue weighted by molar-refractivity contribution is -0.120. The minimum absolute atomic E-state index is 0.149. The Morgan fingerprint density at radius 3 is 2.78 bits per heavy atom. The van der Waals surface area contributed by atoms with Crippen LogP contribution in [0.3, 0.4) is 0 Å². The maximum Gasteiger partial charge on any atom is 0.241 e. The van der Waals surface area contributed by atoms with Crippen molar-refractivity contribution in [2.45, 2.75) is 45.6 Å². The van der Waals surface area contributed by atoms with Crippen molar-refractivity contribution in [2.24, 2.45) is 17.6 Å². The van der Waals surface area contributed by atoms with E-state index in [2.05, 4.69) is 5.32 Å². The third kappa shape index (κ3) is 3.24. The molecule has 5 nitrogen and oxygen atoms in total. The van der Waals surface area contributed by atoms with Crippen LogP contribution >= 0.6 is 0 Å². The van der Waals surface area contributed by atoms with Crippen molar-refractivity contribution in [3.05, 3.63) is 23.8 Å². The Balaban J connectivity index is 1.70. The lowest BCUT2D eigenvalue weighted by atomic mass is 9.99. The second kappa shape index (κ2) is 6.32. The number of nitrogens with one attached hydrogen (secondary N) is 1. The van der Waals surface area contributed by atoms with E-state index in [0.717, 1.165) is 49.2 Å². The monoisotopic (exact) mass is 315 g/mol. The Morgan fingerprint density at radius 1 is 1.39 bits per heavy atom. The van der Waals surface area contributed by atoms with Crippen molar-refractivity contribution < 1.29 is 9.59 Å². The van der Waals surface area contributed by atoms with Gasteiger partial charge in [0.05, 0.1) is 6.04 Å². The Kier molecular flexibility index (Phi) is 4.39. The highest BCUT2D eigenvalue weighted by molar-refractivity contribution is 5.99. The molecule has 1 aromatic carbocycles. The first-order valence-corrected chi connectivity index (χ1v) is 8.52. The SMILES string of the molecule is CCC(C)[C@H](N)C(=O)Nc1ccc2c(c1)CCN2C(=O)C1CC1. The molecule has 0 spiro atoms. The first-order valence-electron chi connectivity index (χ1n) is 8.52. The third-order valence-corrected chi connectivity index (χ3v) is 4.99. The second-order valence-corrected chi connectivity index (χ2v) is 6.76. The van der Waals surface area contributed by atoms with E-state index in [0.29, 0.717) is 0 Å². The first-order chi connectivity index (χ1) is 11.0. The predicted molar refractivity (Wildman–Crippen MR) is 91.3 cm³/mol. The maximum atomic E-state index is 12.3. The van der Waals surface area contributed by atoms with E-state index >= 15 is 0 Å². The fourth-order valence-electron chi connectivity index (χ4n) is 3.00. The van der Waals surface area contributed by atoms with E-state index in [9.17, 15) is 9.59 Å². The number of carbonyl (C=O) groups is 2. The van der Waals surface area contributed by atoms with Gasteiger partial charge >= 0.3 is 0 Å². The molecule has 1 aliphatic heterocycles. The number of anilines is 2. The maximum absolute atomic E-state index is 12.3. The summed E-state index contributed by atoms with van der Waals surface area (Å²) in [6, 6.07) is 5.27. The molecule has 3 N–H and O–H groups in total. The number of amides is 2. The molecule has 5 heteroatoms. The van der Waals surface area contributed by atoms with Gasteiger partial charge in [-0.25, -0.2) is 0 Å². The quantitative estimate of drug-likeness (QED) is 0.875. The minimum Gasteiger partial charge on any atom is -0.325 e. The van der Waals surface area contributed by atoms with Crippen molar-refractivity contribution in [1.82, 2.24) is 0 Å². The molecule has 1 heterocycles. The molecule has 23 heavy (non-hydrogen) atoms. The van der Waals surface area contributed by atoms with Gasteiger partial charge in [0.1, 0.15) is 0 Å². The standard InChI is InChI=1S/C18H25N3O2/c1-3-11(2)16(19)17(22)20-14-6-7-15-13(10-14)8-9-21(15)18(23)12-4-5-12/h6-7,10-12,16H,3-5,8-9,19H2,1-2H3,(H,20,22)/t11?,16-/m0/s1. The molecule has 2 amide bonds. The van der Waals surface area contributed by atoms with Crippen LogP contribution in [-0.2, 0) is 16.0 Å². The van der Waals surface area contributed by atoms with E-state index < -0.39 is 6.04 Å². The normalized spacial score (nSPS) is 19.2. The summed E-state index contributed by atoms with van der Waals surface area (Å²) in [5.74, 6) is 0.479. The summed E-state index contributed by atoms with van der Waals surface area (Å²) in [4.78, 5) is 26.3. The molecule has 2 atom stereocenters. The topological polar surface area (TPSA) is 75.4 Å². The highest BCUT2D eigenvalue weighted by atomic mass is 16.2. The van der Waals surface area contributed by atoms with Gasteiger partial charge in [0.2, 0.25) is 11.8 Å². The van der Waals surface area contributed by atoms with Crippen LogP contribution < -0.4 is 16.0 Å². The van der Waals surface area contributed by atoms with Crippen molar-refractivity contribution in [1.29, 1.82) is 0 Å². The largest absolute Gasteiger partial charge is 0.325 e. The van der Waals surface area contributed by atoms with Gasteiger partial charge in [-0.15, -0.1) is 0 Å². The molecule has 1 saturated carbocycles. The zero-order chi connectivity index (χ0) is 16.6. The van der Waals surface area contributed by atoms with Crippen molar-refractivity contribution >= 4 is 23.2 Å². The summed E-state index contributed by atoms with van der Waals surface area (Å²) in [5.41, 5.74) is 8.84. The Labute approximate surface area is 137 Å². The molecule has 1 fully saturated rings. The predicted octanol–water partition coefficient (Wildman–Crippen LogP) is 2.30. The van der Waals surface area contributed by atoms with Crippen LogP contribution in [0, 0.1) is 11.8 Å². The van der Waals surface area contributed by atoms with Gasteiger partial charge in [0.15, 0.2) is 0 Å². The number of fused-ring (bicyclic) bond motifs is 1. The van der Waals surface area contributed by atoms with Crippen molar-refractivity contribution in [3.8, 4) is 0 Å². The van der Waals surface area contributed by atoms with Gasteiger partial charge in [-0.1, -0.05) is 20.3 Å². The van der Waals surface area contributed by atoms with Gasteiger partial charge in [-0.3, -0.25) is 9.59 Å². The molecule has 0 aromatic heterocycles. The number of hydrogen-bond acceptors (Lipinski definition) is 3. The first kappa shape index (κ1) is 16.0. The van der Waals surface area contributed by atoms with E-state index in [-0.39, 0.29) is 23.7 Å². The Hall–Kier alpha value is -1.88. The molecule has 124 valence electrons. The van der Waals surface area contributed by atoms with Crippen LogP contribution in [0.1, 0.15) is 38.7 Å². The summed E-state index contributed by atoms with van der Waals surface area (Å²) in [6.45, 7) is 4.75. The zero-order valence-corrected chi connectivity index (χ0v) is 13.8. The summed E-state index contributed by atoms with van der Waals surface area (Å²) in [5, 5.41) is 2.90. The molecule has 0 saturated heterocycles. The average molecular weight is 315 g/mol. The number of carbonyl (C=O) groups excluding carboxylic acids is 2. The molecule has 0 radical (unpaired) electrons. The van der Waals surface area contributed by atoms with Gasteiger partial charge in [0, 0.05) is 23.8 Å². The molecule has 2 aliphatic rings. The summed E-state index contributed by atoms with van der Waals surface area (Å²) < 4.78 is 0. The van der Waals surface area contributed by atoms with Crippen LogP contribution in [0.2, 0.25) is 0 Å². The van der Waals surface area contributed by atoms with Gasteiger partial charge in [0.25, 0.3) is 0 Å². The van der Waals surface area contributed by atoms with Crippen molar-refractivity contribution in [3.63, 3.8) is 0 Å². The number of nitrogens with two attached hydrogens (primary N) is 1. The Morgan fingerprint density at radius 2 is 2.13 bits per heavy atom. The molecule has 3 rings (SSSR count). The van der Waals surface area contributed by atoms with Crippen LogP contribution in [-0.4, -0.2) is 24.4 Å². The highest BCUT2D eigenvalue weighted by Crippen LogP contribution is 2.37. The number of benzene rings is 1. The second-order valence-electron chi connectivity index (χ2n) is 6.76. The molecule has 1 aliphatic carbocycles. The smallest absolute Gasteiger partial charge is 0.241 e. The molecule has 1 unspecified atom stereocenters. The van der Waals surface area contributed by atoms with Crippen LogP contribution in [0.4, 0.5) is 11.4 Å². The number of nitrogens with zero attached hydrogens (tertiary/aromatic N) is 1. The Bertz CT molecular complexity index is 625. The average Bonchev–Trinajstić information content (AvgIpc) is 3.32. The fraction of sp³-hybridized carbons (Fsp3) is 0.556. The molecule has 0 bridgehead atoms. The lowest BCUT2D eigenvalue weighted by Gasteiger charge is -2.19. The fourth-order valence-corrected chi connectivity index (χ4v) is 3.00. The van der Waals surface area contributed by atoms with Gasteiger partial charge in [-0.2, -0.15) is 0 Å². The zero-order valence-electron chi connectivity index (χ0n) is 13.8. The van der Waals surface area contributed by atoms with Crippen LogP contribution in [0.5, 0.6) is 0 Å².